The lowest BCUT2D eigenvalue weighted by molar-refractivity contribution is 0.373. The first-order valence-corrected chi connectivity index (χ1v) is 12.0. The fourth-order valence-electron chi connectivity index (χ4n) is 2.86. The molecule has 0 radical (unpaired) electrons. The summed E-state index contributed by atoms with van der Waals surface area (Å²) in [5.74, 6) is 0. The van der Waals surface area contributed by atoms with Gasteiger partial charge >= 0.3 is 7.60 Å². The van der Waals surface area contributed by atoms with Crippen LogP contribution in [0, 0.1) is 11.3 Å². The van der Waals surface area contributed by atoms with Crippen molar-refractivity contribution in [3.05, 3.63) is 70.2 Å². The van der Waals surface area contributed by atoms with Crippen molar-refractivity contribution < 1.29 is 22.8 Å². The minimum absolute atomic E-state index is 0.0130. The fourth-order valence-corrected chi connectivity index (χ4v) is 6.29. The maximum Gasteiger partial charge on any atom is 0.345 e. The number of fused-ring (bicyclic) bond motifs is 1. The van der Waals surface area contributed by atoms with Crippen LogP contribution in [0.25, 0.3) is 10.8 Å². The summed E-state index contributed by atoms with van der Waals surface area (Å²) in [6, 6.07) is 14.9. The molecule has 0 saturated carbocycles. The lowest BCUT2D eigenvalue weighted by Crippen LogP contribution is -2.32. The van der Waals surface area contributed by atoms with Gasteiger partial charge in [0.2, 0.25) is 0 Å². The minimum atomic E-state index is -4.81. The molecule has 0 fully saturated rings. The van der Waals surface area contributed by atoms with Crippen molar-refractivity contribution >= 4 is 57.3 Å². The molecule has 0 amide bonds. The Morgan fingerprint density at radius 1 is 1.00 bits per heavy atom. The van der Waals surface area contributed by atoms with E-state index in [-0.39, 0.29) is 20.6 Å². The molecule has 0 atom stereocenters. The van der Waals surface area contributed by atoms with E-state index in [0.717, 1.165) is 12.1 Å². The van der Waals surface area contributed by atoms with Crippen LogP contribution in [0.15, 0.2) is 59.5 Å². The van der Waals surface area contributed by atoms with Gasteiger partial charge in [-0.25, -0.2) is 8.42 Å². The largest absolute Gasteiger partial charge is 0.345 e. The van der Waals surface area contributed by atoms with E-state index >= 15 is 0 Å². The Morgan fingerprint density at radius 3 is 2.17 bits per heavy atom. The minimum Gasteiger partial charge on any atom is -0.323 e. The van der Waals surface area contributed by atoms with Gasteiger partial charge in [-0.15, -0.1) is 0 Å². The maximum absolute atomic E-state index is 13.3. The number of nitrogens with zero attached hydrogens (tertiary/aromatic N) is 2. The SMILES string of the molecule is N#Cc1cccc2c(N(CP(=O)(O)O)S(=O)(=O)c3cc(Cl)cc(Cl)c3)cccc12. The normalized spacial score (nSPS) is 12.0. The number of hydrogen-bond acceptors (Lipinski definition) is 4. The van der Waals surface area contributed by atoms with Gasteiger partial charge in [-0.3, -0.25) is 8.87 Å². The molecule has 0 unspecified atom stereocenters. The van der Waals surface area contributed by atoms with Crippen molar-refractivity contribution in [1.82, 2.24) is 0 Å². The van der Waals surface area contributed by atoms with Crippen molar-refractivity contribution in [3.8, 4) is 6.07 Å². The Labute approximate surface area is 176 Å². The smallest absolute Gasteiger partial charge is 0.323 e. The van der Waals surface area contributed by atoms with Gasteiger partial charge in [0.15, 0.2) is 0 Å². The monoisotopic (exact) mass is 470 g/mol. The van der Waals surface area contributed by atoms with Crippen LogP contribution in [-0.4, -0.2) is 24.5 Å². The summed E-state index contributed by atoms with van der Waals surface area (Å²) < 4.78 is 39.0. The highest BCUT2D eigenvalue weighted by Gasteiger charge is 2.32. The molecule has 150 valence electrons. The zero-order chi connectivity index (χ0) is 21.4. The van der Waals surface area contributed by atoms with Crippen molar-refractivity contribution in [1.29, 1.82) is 5.26 Å². The molecule has 3 aromatic rings. The number of anilines is 1. The van der Waals surface area contributed by atoms with Crippen LogP contribution in [0.4, 0.5) is 5.69 Å². The number of sulfonamides is 1. The van der Waals surface area contributed by atoms with E-state index in [0.29, 0.717) is 20.6 Å². The second kappa shape index (κ2) is 7.96. The Kier molecular flexibility index (Phi) is 5.93. The van der Waals surface area contributed by atoms with Gasteiger partial charge in [-0.1, -0.05) is 47.5 Å². The van der Waals surface area contributed by atoms with Crippen molar-refractivity contribution in [3.63, 3.8) is 0 Å². The van der Waals surface area contributed by atoms with Crippen LogP contribution in [0.5, 0.6) is 0 Å². The number of nitriles is 1. The van der Waals surface area contributed by atoms with Gasteiger partial charge in [0.25, 0.3) is 10.0 Å². The number of hydrogen-bond donors (Lipinski definition) is 2. The van der Waals surface area contributed by atoms with Crippen molar-refractivity contribution in [2.24, 2.45) is 0 Å². The molecule has 29 heavy (non-hydrogen) atoms. The van der Waals surface area contributed by atoms with Gasteiger partial charge in [0, 0.05) is 20.8 Å². The standard InChI is InChI=1S/C18H13Cl2N2O5PS/c19-13-7-14(20)9-15(8-13)29(26,27)22(11-28(23,24)25)18-6-2-4-16-12(10-21)3-1-5-17(16)18/h1-9H,11H2,(H2,23,24,25). The van der Waals surface area contributed by atoms with Crippen LogP contribution >= 0.6 is 30.8 Å². The van der Waals surface area contributed by atoms with Gasteiger partial charge in [0.1, 0.15) is 6.29 Å². The number of benzene rings is 3. The molecule has 7 nitrogen and oxygen atoms in total. The third kappa shape index (κ3) is 4.57. The molecule has 0 aliphatic rings. The van der Waals surface area contributed by atoms with E-state index in [4.69, 9.17) is 23.2 Å². The first-order valence-electron chi connectivity index (χ1n) is 7.98. The molecule has 0 spiro atoms. The summed E-state index contributed by atoms with van der Waals surface area (Å²) in [6.45, 7) is 0. The average Bonchev–Trinajstić information content (AvgIpc) is 2.63. The maximum atomic E-state index is 13.3. The number of rotatable bonds is 5. The van der Waals surface area contributed by atoms with Gasteiger partial charge in [-0.2, -0.15) is 5.26 Å². The van der Waals surface area contributed by atoms with E-state index in [1.54, 1.807) is 24.3 Å². The van der Waals surface area contributed by atoms with Crippen LogP contribution < -0.4 is 4.31 Å². The zero-order valence-electron chi connectivity index (χ0n) is 14.5. The third-order valence-corrected chi connectivity index (χ3v) is 7.04. The van der Waals surface area contributed by atoms with Crippen LogP contribution in [0.1, 0.15) is 5.56 Å². The van der Waals surface area contributed by atoms with E-state index in [1.165, 1.54) is 18.2 Å². The lowest BCUT2D eigenvalue weighted by Gasteiger charge is -2.26. The van der Waals surface area contributed by atoms with Crippen LogP contribution in [0.3, 0.4) is 0 Å². The predicted molar refractivity (Wildman–Crippen MR) is 112 cm³/mol. The molecule has 3 aromatic carbocycles. The molecule has 0 aliphatic heterocycles. The molecular weight excluding hydrogens is 458 g/mol. The molecule has 0 saturated heterocycles. The summed E-state index contributed by atoms with van der Waals surface area (Å²) in [6.07, 6.45) is -1.10. The predicted octanol–water partition coefficient (Wildman–Crippen LogP) is 4.35. The van der Waals surface area contributed by atoms with Gasteiger partial charge in [-0.05, 0) is 30.3 Å². The molecule has 2 N–H and O–H groups in total. The molecule has 3 rings (SSSR count). The highest BCUT2D eigenvalue weighted by molar-refractivity contribution is 7.93. The van der Waals surface area contributed by atoms with E-state index in [9.17, 15) is 28.0 Å². The molecule has 0 heterocycles. The average molecular weight is 471 g/mol. The van der Waals surface area contributed by atoms with E-state index in [1.807, 2.05) is 6.07 Å². The second-order valence-electron chi connectivity index (χ2n) is 6.05. The molecule has 11 heteroatoms. The lowest BCUT2D eigenvalue weighted by atomic mass is 10.0. The molecule has 0 aromatic heterocycles. The summed E-state index contributed by atoms with van der Waals surface area (Å²) in [5.41, 5.74) is 0.308. The van der Waals surface area contributed by atoms with Crippen LogP contribution in [0.2, 0.25) is 10.0 Å². The van der Waals surface area contributed by atoms with E-state index in [2.05, 4.69) is 0 Å². The first-order chi connectivity index (χ1) is 13.5. The summed E-state index contributed by atoms with van der Waals surface area (Å²) in [5, 5.41) is 10.2. The Balaban J connectivity index is 2.31. The zero-order valence-corrected chi connectivity index (χ0v) is 17.8. The van der Waals surface area contributed by atoms with Crippen LogP contribution in [-0.2, 0) is 14.6 Å². The second-order valence-corrected chi connectivity index (χ2v) is 10.4. The Bertz CT molecular complexity index is 1280. The molecular formula is C18H13Cl2N2O5PS. The van der Waals surface area contributed by atoms with Crippen molar-refractivity contribution in [2.75, 3.05) is 10.6 Å². The Morgan fingerprint density at radius 2 is 1.59 bits per heavy atom. The topological polar surface area (TPSA) is 119 Å². The van der Waals surface area contributed by atoms with Crippen molar-refractivity contribution in [2.45, 2.75) is 4.90 Å². The molecule has 0 bridgehead atoms. The molecule has 0 aliphatic carbocycles. The Hall–Kier alpha value is -2.11. The van der Waals surface area contributed by atoms with Gasteiger partial charge < -0.3 is 9.79 Å². The first kappa shape index (κ1) is 21.6. The highest BCUT2D eigenvalue weighted by Crippen LogP contribution is 2.42. The summed E-state index contributed by atoms with van der Waals surface area (Å²) >= 11 is 11.8. The summed E-state index contributed by atoms with van der Waals surface area (Å²) in [7, 11) is -9.26. The highest BCUT2D eigenvalue weighted by atomic mass is 35.5. The van der Waals surface area contributed by atoms with E-state index < -0.39 is 23.9 Å². The third-order valence-electron chi connectivity index (χ3n) is 4.02. The number of halogens is 2. The van der Waals surface area contributed by atoms with Gasteiger partial charge in [0.05, 0.1) is 22.2 Å². The quantitative estimate of drug-likeness (QED) is 0.535. The summed E-state index contributed by atoms with van der Waals surface area (Å²) in [4.78, 5) is 18.8. The fraction of sp³-hybridized carbons (Fsp3) is 0.0556.